The zero-order chi connectivity index (χ0) is 34.5. The number of fused-ring (bicyclic) bond motifs is 2. The Labute approximate surface area is 288 Å². The molecule has 0 bridgehead atoms. The smallest absolute Gasteiger partial charge is 0.350 e. The van der Waals surface area contributed by atoms with Crippen LogP contribution in [0.15, 0.2) is 87.9 Å². The summed E-state index contributed by atoms with van der Waals surface area (Å²) in [6.07, 6.45) is 0. The highest BCUT2D eigenvalue weighted by Crippen LogP contribution is 2.69. The quantitative estimate of drug-likeness (QED) is 0.0484. The predicted molar refractivity (Wildman–Crippen MR) is 176 cm³/mol. The summed E-state index contributed by atoms with van der Waals surface area (Å²) >= 11 is 3.74. The summed E-state index contributed by atoms with van der Waals surface area (Å²) < 4.78 is 23.0. The van der Waals surface area contributed by atoms with Gasteiger partial charge in [-0.3, -0.25) is 25.0 Å². The number of benzene rings is 3. The number of hydrogen-bond donors (Lipinski definition) is 0. The number of carbonyl (C=O) groups excluding carboxylic acids is 2. The maximum absolute atomic E-state index is 12.8. The van der Waals surface area contributed by atoms with Crippen LogP contribution in [0.5, 0.6) is 23.0 Å². The summed E-state index contributed by atoms with van der Waals surface area (Å²) in [6, 6.07) is 13.1. The van der Waals surface area contributed by atoms with Crippen molar-refractivity contribution in [2.75, 3.05) is 13.2 Å². The monoisotopic (exact) mass is 722 g/mol. The summed E-state index contributed by atoms with van der Waals surface area (Å²) in [7, 11) is 0. The minimum absolute atomic E-state index is 0.00180. The lowest BCUT2D eigenvalue weighted by Gasteiger charge is -2.17. The number of nitriles is 1. The Kier molecular flexibility index (Phi) is 10.5. The Morgan fingerprint density at radius 2 is 1.19 bits per heavy atom. The van der Waals surface area contributed by atoms with Gasteiger partial charge >= 0.3 is 23.3 Å². The van der Waals surface area contributed by atoms with Crippen LogP contribution in [-0.2, 0) is 19.1 Å². The fourth-order valence-corrected chi connectivity index (χ4v) is 9.45. The number of hydrogen-bond acceptors (Lipinski definition) is 15. The number of thioether (sulfide) groups is 4. The van der Waals surface area contributed by atoms with Crippen LogP contribution in [0, 0.1) is 38.1 Å². The third-order valence-corrected chi connectivity index (χ3v) is 11.3. The van der Waals surface area contributed by atoms with Crippen molar-refractivity contribution in [2.24, 2.45) is 0 Å². The van der Waals surface area contributed by atoms with Gasteiger partial charge < -0.3 is 18.9 Å². The number of nitrogens with zero attached hydrogens (tertiary/aromatic N) is 4. The van der Waals surface area contributed by atoms with Crippen molar-refractivity contribution in [3.05, 3.63) is 99.9 Å². The van der Waals surface area contributed by atoms with E-state index < -0.39 is 21.8 Å². The lowest BCUT2D eigenvalue weighted by molar-refractivity contribution is -0.385. The molecule has 5 rings (SSSR count). The maximum Gasteiger partial charge on any atom is 0.350 e. The minimum atomic E-state index is -0.886. The molecule has 0 aromatic heterocycles. The lowest BCUT2D eigenvalue weighted by Crippen LogP contribution is -2.07. The van der Waals surface area contributed by atoms with Gasteiger partial charge in [0.15, 0.2) is 17.1 Å². The number of para-hydroxylation sites is 4. The van der Waals surface area contributed by atoms with Crippen molar-refractivity contribution in [3.8, 4) is 29.1 Å². The van der Waals surface area contributed by atoms with Gasteiger partial charge in [0.1, 0.15) is 6.07 Å². The molecule has 0 spiro atoms. The number of rotatable bonds is 10. The summed E-state index contributed by atoms with van der Waals surface area (Å²) in [5.74, 6) is -1.98. The first kappa shape index (κ1) is 34.2. The number of carbonyl (C=O) groups is 2. The first-order valence-electron chi connectivity index (χ1n) is 13.5. The molecule has 14 nitrogen and oxygen atoms in total. The topological polar surface area (TPSA) is 185 Å². The van der Waals surface area contributed by atoms with E-state index in [2.05, 4.69) is 4.85 Å². The molecule has 18 heteroatoms. The van der Waals surface area contributed by atoms with Crippen LogP contribution < -0.4 is 9.47 Å². The molecule has 0 saturated heterocycles. The van der Waals surface area contributed by atoms with Gasteiger partial charge in [0.2, 0.25) is 11.5 Å². The number of nitro groups is 2. The number of ether oxygens (including phenoxy) is 4. The fourth-order valence-electron chi connectivity index (χ4n) is 4.15. The Hall–Kier alpha value is -5.14. The molecule has 0 atom stereocenters. The van der Waals surface area contributed by atoms with Crippen molar-refractivity contribution in [2.45, 2.75) is 33.4 Å². The molecule has 2 heterocycles. The third-order valence-electron chi connectivity index (χ3n) is 6.13. The van der Waals surface area contributed by atoms with Gasteiger partial charge in [-0.2, -0.15) is 5.26 Å². The van der Waals surface area contributed by atoms with Gasteiger partial charge in [-0.15, -0.1) is 0 Å². The lowest BCUT2D eigenvalue weighted by atomic mass is 10.2. The van der Waals surface area contributed by atoms with E-state index in [1.165, 1.54) is 48.5 Å². The van der Waals surface area contributed by atoms with E-state index >= 15 is 0 Å². The zero-order valence-electron chi connectivity index (χ0n) is 24.5. The second-order valence-electron chi connectivity index (χ2n) is 9.00. The molecule has 0 saturated carbocycles. The van der Waals surface area contributed by atoms with Gasteiger partial charge in [-0.1, -0.05) is 71.3 Å². The van der Waals surface area contributed by atoms with Crippen LogP contribution in [0.4, 0.5) is 11.4 Å². The Morgan fingerprint density at radius 1 is 0.771 bits per heavy atom. The van der Waals surface area contributed by atoms with E-state index in [9.17, 15) is 35.1 Å². The Balaban J connectivity index is 1.82. The molecule has 0 amide bonds. The van der Waals surface area contributed by atoms with Crippen molar-refractivity contribution >= 4 is 70.4 Å². The third kappa shape index (κ3) is 6.64. The van der Waals surface area contributed by atoms with Crippen LogP contribution >= 0.6 is 47.0 Å². The van der Waals surface area contributed by atoms with Crippen LogP contribution in [-0.4, -0.2) is 35.0 Å². The molecule has 3 aromatic rings. The Morgan fingerprint density at radius 3 is 1.58 bits per heavy atom. The van der Waals surface area contributed by atoms with Crippen molar-refractivity contribution in [1.29, 1.82) is 5.26 Å². The van der Waals surface area contributed by atoms with E-state index in [0.29, 0.717) is 0 Å². The van der Waals surface area contributed by atoms with Gasteiger partial charge in [0, 0.05) is 12.1 Å². The normalized spacial score (nSPS) is 12.6. The van der Waals surface area contributed by atoms with Crippen LogP contribution in [0.3, 0.4) is 0 Å². The van der Waals surface area contributed by atoms with E-state index in [1.54, 1.807) is 13.8 Å². The largest absolute Gasteiger partial charge is 0.471 e. The molecular weight excluding hydrogens is 705 g/mol. The van der Waals surface area contributed by atoms with E-state index in [4.69, 9.17) is 25.5 Å². The zero-order valence-corrected chi connectivity index (χ0v) is 27.8. The molecule has 0 unspecified atom stereocenters. The summed E-state index contributed by atoms with van der Waals surface area (Å²) in [5, 5.41) is 33.7. The van der Waals surface area contributed by atoms with Crippen LogP contribution in [0.25, 0.3) is 4.85 Å². The van der Waals surface area contributed by atoms with Gasteiger partial charge in [0.25, 0.3) is 5.70 Å². The average molecular weight is 723 g/mol. The molecule has 242 valence electrons. The molecular formula is C30H18N4O10S4. The molecule has 0 radical (unpaired) electrons. The first-order chi connectivity index (χ1) is 23.1. The predicted octanol–water partition coefficient (Wildman–Crippen LogP) is 8.43. The molecule has 0 fully saturated rings. The standard InChI is InChI=1S/C30H18N4O10S4/c1-4-41-27(35)15(14-31)29-45-23-21(43-18-12-8-6-10-16(18)33(37)38)25-26(48-30(47-25)20(32-3)28(36)42-5-2)22(24(23)46-29)44-19-13-9-7-11-17(19)34(39)40/h6-13H,4-5H2,1-2H3. The Bertz CT molecular complexity index is 1870. The van der Waals surface area contributed by atoms with E-state index in [1.807, 2.05) is 6.07 Å². The number of nitro benzene ring substituents is 2. The van der Waals surface area contributed by atoms with E-state index in [0.717, 1.165) is 47.0 Å². The minimum Gasteiger partial charge on any atom is -0.471 e. The highest BCUT2D eigenvalue weighted by atomic mass is 32.2. The molecule has 0 aliphatic carbocycles. The summed E-state index contributed by atoms with van der Waals surface area (Å²) in [5.41, 5.74) is -1.40. The number of esters is 2. The van der Waals surface area contributed by atoms with Crippen molar-refractivity contribution < 1.29 is 38.4 Å². The van der Waals surface area contributed by atoms with Gasteiger partial charge in [-0.25, -0.2) is 9.64 Å². The molecule has 2 aliphatic rings. The average Bonchev–Trinajstić information content (AvgIpc) is 3.69. The van der Waals surface area contributed by atoms with Gasteiger partial charge in [-0.05, 0) is 26.0 Å². The van der Waals surface area contributed by atoms with Crippen molar-refractivity contribution in [3.63, 3.8) is 0 Å². The molecule has 2 aliphatic heterocycles. The molecule has 3 aromatic carbocycles. The van der Waals surface area contributed by atoms with E-state index in [-0.39, 0.29) is 86.9 Å². The van der Waals surface area contributed by atoms with Crippen LogP contribution in [0.2, 0.25) is 0 Å². The SMILES string of the molecule is [C-]#[N+]C(C(=O)OCC)=C1Sc2c(Oc3ccccc3[N+](=O)[O-])c3c(c(Oc4ccccc4[N+](=O)[O-])c2S1)SC(=C(C#N)C(=O)OCC)S3. The maximum atomic E-state index is 12.8. The summed E-state index contributed by atoms with van der Waals surface area (Å²) in [4.78, 5) is 52.5. The highest BCUT2D eigenvalue weighted by molar-refractivity contribution is 8.26. The van der Waals surface area contributed by atoms with Crippen LogP contribution in [0.1, 0.15) is 13.8 Å². The second kappa shape index (κ2) is 14.7. The molecule has 48 heavy (non-hydrogen) atoms. The summed E-state index contributed by atoms with van der Waals surface area (Å²) in [6.45, 7) is 10.9. The second-order valence-corrected chi connectivity index (χ2v) is 13.6. The highest BCUT2D eigenvalue weighted by Gasteiger charge is 2.41. The first-order valence-corrected chi connectivity index (χ1v) is 16.8. The van der Waals surface area contributed by atoms with Gasteiger partial charge in [0.05, 0.1) is 57.7 Å². The van der Waals surface area contributed by atoms with Crippen molar-refractivity contribution in [1.82, 2.24) is 0 Å². The fraction of sp³-hybridized carbons (Fsp3) is 0.133. The molecule has 0 N–H and O–H groups in total.